The van der Waals surface area contributed by atoms with Crippen molar-refractivity contribution in [3.8, 4) is 0 Å². The van der Waals surface area contributed by atoms with Crippen molar-refractivity contribution in [2.24, 2.45) is 5.84 Å². The zero-order chi connectivity index (χ0) is 12.3. The molecular weight excluding hydrogens is 212 g/mol. The molecule has 1 heterocycles. The van der Waals surface area contributed by atoms with E-state index in [4.69, 9.17) is 10.3 Å². The maximum atomic E-state index is 5.60. The first-order valence-corrected chi connectivity index (χ1v) is 5.77. The first-order valence-electron chi connectivity index (χ1n) is 5.77. The topological polar surface area (TPSA) is 51.2 Å². The number of nitrogens with two attached hydrogens (primary N) is 1. The molecule has 3 heteroatoms. The van der Waals surface area contributed by atoms with Crippen molar-refractivity contribution < 1.29 is 4.42 Å². The van der Waals surface area contributed by atoms with E-state index < -0.39 is 0 Å². The third kappa shape index (κ3) is 2.57. The predicted octanol–water partition coefficient (Wildman–Crippen LogP) is 2.64. The maximum absolute atomic E-state index is 5.60. The van der Waals surface area contributed by atoms with Gasteiger partial charge in [-0.2, -0.15) is 0 Å². The van der Waals surface area contributed by atoms with Crippen LogP contribution in [-0.2, 0) is 6.42 Å². The number of hydrazine groups is 1. The number of furan rings is 1. The molecule has 1 unspecified atom stereocenters. The number of aryl methyl sites for hydroxylation is 2. The molecule has 1 atom stereocenters. The average Bonchev–Trinajstić information content (AvgIpc) is 2.82. The highest BCUT2D eigenvalue weighted by molar-refractivity contribution is 5.34. The molecule has 0 aliphatic heterocycles. The normalized spacial score (nSPS) is 12.6. The molecule has 0 aliphatic rings. The predicted molar refractivity (Wildman–Crippen MR) is 68.4 cm³/mol. The van der Waals surface area contributed by atoms with Crippen LogP contribution in [0.5, 0.6) is 0 Å². The average molecular weight is 230 g/mol. The Balaban J connectivity index is 2.25. The summed E-state index contributed by atoms with van der Waals surface area (Å²) in [7, 11) is 0. The van der Waals surface area contributed by atoms with Crippen molar-refractivity contribution in [3.05, 3.63) is 59.0 Å². The van der Waals surface area contributed by atoms with Gasteiger partial charge in [-0.15, -0.1) is 0 Å². The summed E-state index contributed by atoms with van der Waals surface area (Å²) in [4.78, 5) is 0. The Labute approximate surface area is 102 Å². The molecule has 3 N–H and O–H groups in total. The zero-order valence-corrected chi connectivity index (χ0v) is 10.2. The monoisotopic (exact) mass is 230 g/mol. The molecule has 3 nitrogen and oxygen atoms in total. The van der Waals surface area contributed by atoms with Crippen LogP contribution in [-0.4, -0.2) is 0 Å². The van der Waals surface area contributed by atoms with Gasteiger partial charge in [-0.3, -0.25) is 5.84 Å². The molecule has 1 aromatic heterocycles. The van der Waals surface area contributed by atoms with Crippen molar-refractivity contribution in [2.75, 3.05) is 0 Å². The molecular formula is C14H18N2O. The Kier molecular flexibility index (Phi) is 3.61. The standard InChI is InChI=1S/C14H18N2O/c1-10-5-3-6-11(2)12(10)9-13(16-15)14-7-4-8-17-14/h3-8,13,16H,9,15H2,1-2H3. The fraction of sp³-hybridized carbons (Fsp3) is 0.286. The van der Waals surface area contributed by atoms with Gasteiger partial charge in [0.1, 0.15) is 5.76 Å². The molecule has 0 amide bonds. The number of rotatable bonds is 4. The van der Waals surface area contributed by atoms with Gasteiger partial charge in [-0.1, -0.05) is 18.2 Å². The van der Waals surface area contributed by atoms with Crippen LogP contribution in [0.4, 0.5) is 0 Å². The first kappa shape index (κ1) is 11.9. The van der Waals surface area contributed by atoms with E-state index in [2.05, 4.69) is 37.5 Å². The molecule has 0 bridgehead atoms. The third-order valence-corrected chi connectivity index (χ3v) is 3.14. The summed E-state index contributed by atoms with van der Waals surface area (Å²) in [5.41, 5.74) is 6.72. The Morgan fingerprint density at radius 1 is 1.18 bits per heavy atom. The molecule has 2 rings (SSSR count). The second-order valence-corrected chi connectivity index (χ2v) is 4.31. The van der Waals surface area contributed by atoms with Crippen LogP contribution in [0, 0.1) is 13.8 Å². The molecule has 0 radical (unpaired) electrons. The Bertz CT molecular complexity index is 457. The summed E-state index contributed by atoms with van der Waals surface area (Å²) in [6.07, 6.45) is 2.51. The SMILES string of the molecule is Cc1cccc(C)c1CC(NN)c1ccco1. The number of hydrogen-bond acceptors (Lipinski definition) is 3. The summed E-state index contributed by atoms with van der Waals surface area (Å²) in [6, 6.07) is 10.2. The fourth-order valence-electron chi connectivity index (χ4n) is 2.11. The number of benzene rings is 1. The molecule has 0 saturated heterocycles. The highest BCUT2D eigenvalue weighted by Gasteiger charge is 2.15. The lowest BCUT2D eigenvalue weighted by Gasteiger charge is -2.16. The van der Waals surface area contributed by atoms with Crippen LogP contribution in [0.15, 0.2) is 41.0 Å². The van der Waals surface area contributed by atoms with Gasteiger partial charge >= 0.3 is 0 Å². The van der Waals surface area contributed by atoms with Crippen molar-refractivity contribution in [1.82, 2.24) is 5.43 Å². The lowest BCUT2D eigenvalue weighted by atomic mass is 9.96. The van der Waals surface area contributed by atoms with Crippen LogP contribution in [0.2, 0.25) is 0 Å². The van der Waals surface area contributed by atoms with Crippen molar-refractivity contribution in [2.45, 2.75) is 26.3 Å². The van der Waals surface area contributed by atoms with E-state index in [0.717, 1.165) is 12.2 Å². The molecule has 90 valence electrons. The molecule has 0 aliphatic carbocycles. The smallest absolute Gasteiger partial charge is 0.122 e. The van der Waals surface area contributed by atoms with Crippen LogP contribution in [0.1, 0.15) is 28.5 Å². The van der Waals surface area contributed by atoms with Crippen molar-refractivity contribution in [3.63, 3.8) is 0 Å². The van der Waals surface area contributed by atoms with E-state index in [-0.39, 0.29) is 6.04 Å². The fourth-order valence-corrected chi connectivity index (χ4v) is 2.11. The molecule has 1 aromatic carbocycles. The van der Waals surface area contributed by atoms with Gasteiger partial charge in [-0.05, 0) is 49.1 Å². The number of hydrogen-bond donors (Lipinski definition) is 2. The van der Waals surface area contributed by atoms with Crippen LogP contribution < -0.4 is 11.3 Å². The molecule has 17 heavy (non-hydrogen) atoms. The Morgan fingerprint density at radius 3 is 2.41 bits per heavy atom. The van der Waals surface area contributed by atoms with Gasteiger partial charge in [0.15, 0.2) is 0 Å². The minimum absolute atomic E-state index is 0.0183. The van der Waals surface area contributed by atoms with E-state index in [1.165, 1.54) is 16.7 Å². The zero-order valence-electron chi connectivity index (χ0n) is 10.2. The van der Waals surface area contributed by atoms with Crippen LogP contribution in [0.3, 0.4) is 0 Å². The highest BCUT2D eigenvalue weighted by Crippen LogP contribution is 2.22. The molecule has 0 spiro atoms. The van der Waals surface area contributed by atoms with Gasteiger partial charge < -0.3 is 4.42 Å². The van der Waals surface area contributed by atoms with E-state index in [1.807, 2.05) is 12.1 Å². The van der Waals surface area contributed by atoms with Crippen LogP contribution >= 0.6 is 0 Å². The minimum Gasteiger partial charge on any atom is -0.468 e. The van der Waals surface area contributed by atoms with Crippen molar-refractivity contribution in [1.29, 1.82) is 0 Å². The summed E-state index contributed by atoms with van der Waals surface area (Å²) in [5, 5.41) is 0. The second-order valence-electron chi connectivity index (χ2n) is 4.31. The lowest BCUT2D eigenvalue weighted by Crippen LogP contribution is -2.29. The molecule has 0 fully saturated rings. The maximum Gasteiger partial charge on any atom is 0.122 e. The van der Waals surface area contributed by atoms with E-state index in [0.29, 0.717) is 0 Å². The molecule has 2 aromatic rings. The van der Waals surface area contributed by atoms with E-state index in [9.17, 15) is 0 Å². The van der Waals surface area contributed by atoms with Gasteiger partial charge in [0.05, 0.1) is 12.3 Å². The van der Waals surface area contributed by atoms with Gasteiger partial charge in [0.2, 0.25) is 0 Å². The quantitative estimate of drug-likeness (QED) is 0.627. The third-order valence-electron chi connectivity index (χ3n) is 3.14. The van der Waals surface area contributed by atoms with E-state index in [1.54, 1.807) is 6.26 Å². The summed E-state index contributed by atoms with van der Waals surface area (Å²) >= 11 is 0. The lowest BCUT2D eigenvalue weighted by molar-refractivity contribution is 0.415. The minimum atomic E-state index is 0.0183. The largest absolute Gasteiger partial charge is 0.468 e. The summed E-state index contributed by atoms with van der Waals surface area (Å²) < 4.78 is 5.40. The van der Waals surface area contributed by atoms with Gasteiger partial charge in [0.25, 0.3) is 0 Å². The van der Waals surface area contributed by atoms with Crippen LogP contribution in [0.25, 0.3) is 0 Å². The van der Waals surface area contributed by atoms with Crippen molar-refractivity contribution >= 4 is 0 Å². The first-order chi connectivity index (χ1) is 8.22. The number of nitrogens with one attached hydrogen (secondary N) is 1. The summed E-state index contributed by atoms with van der Waals surface area (Å²) in [5.74, 6) is 6.47. The van der Waals surface area contributed by atoms with Gasteiger partial charge in [0, 0.05) is 0 Å². The van der Waals surface area contributed by atoms with Gasteiger partial charge in [-0.25, -0.2) is 5.43 Å². The Morgan fingerprint density at radius 2 is 1.88 bits per heavy atom. The highest BCUT2D eigenvalue weighted by atomic mass is 16.3. The molecule has 0 saturated carbocycles. The Hall–Kier alpha value is -1.58. The van der Waals surface area contributed by atoms with E-state index >= 15 is 0 Å². The summed E-state index contributed by atoms with van der Waals surface area (Å²) in [6.45, 7) is 4.25. The second kappa shape index (κ2) is 5.17.